The first kappa shape index (κ1) is 25.0. The molecule has 1 aromatic rings. The van der Waals surface area contributed by atoms with Gasteiger partial charge in [-0.25, -0.2) is 0 Å². The van der Waals surface area contributed by atoms with E-state index in [9.17, 15) is 14.4 Å². The van der Waals surface area contributed by atoms with Crippen LogP contribution >= 0.6 is 11.8 Å². The fourth-order valence-corrected chi connectivity index (χ4v) is 8.21. The maximum absolute atomic E-state index is 13.8. The SMILES string of the molecule is CCCNC(=O)[C@@H]1[C@@H]2CCC3(S2)C(C(=O)NCc2ccccc2)N(CCCCCCO)C(=O)[C@H]13. The van der Waals surface area contributed by atoms with E-state index in [0.717, 1.165) is 50.5 Å². The molecule has 5 atom stereocenters. The summed E-state index contributed by atoms with van der Waals surface area (Å²) < 4.78 is -0.526. The summed E-state index contributed by atoms with van der Waals surface area (Å²) in [5, 5.41) is 15.3. The molecule has 8 heteroatoms. The molecule has 1 spiro atoms. The molecule has 3 heterocycles. The van der Waals surface area contributed by atoms with Crippen molar-refractivity contribution in [3.63, 3.8) is 0 Å². The minimum absolute atomic E-state index is 0.0339. The van der Waals surface area contributed by atoms with Crippen LogP contribution in [0.25, 0.3) is 0 Å². The first-order valence-electron chi connectivity index (χ1n) is 12.7. The summed E-state index contributed by atoms with van der Waals surface area (Å²) in [6.45, 7) is 3.73. The minimum atomic E-state index is -0.550. The summed E-state index contributed by atoms with van der Waals surface area (Å²) in [5.41, 5.74) is 1.02. The number of aliphatic hydroxyl groups is 1. The maximum Gasteiger partial charge on any atom is 0.244 e. The van der Waals surface area contributed by atoms with Gasteiger partial charge in [0.05, 0.1) is 16.6 Å². The molecule has 0 aliphatic carbocycles. The number of hydrogen-bond donors (Lipinski definition) is 3. The Bertz CT molecular complexity index is 882. The van der Waals surface area contributed by atoms with Gasteiger partial charge in [0.2, 0.25) is 17.7 Å². The second kappa shape index (κ2) is 11.1. The summed E-state index contributed by atoms with van der Waals surface area (Å²) in [5.74, 6) is -0.974. The molecular weight excluding hydrogens is 450 g/mol. The number of benzene rings is 1. The predicted octanol–water partition coefficient (Wildman–Crippen LogP) is 2.47. The van der Waals surface area contributed by atoms with E-state index >= 15 is 0 Å². The summed E-state index contributed by atoms with van der Waals surface area (Å²) in [6, 6.07) is 9.24. The van der Waals surface area contributed by atoms with Crippen molar-refractivity contribution in [2.75, 3.05) is 19.7 Å². The zero-order chi connectivity index (χ0) is 24.1. The molecule has 2 bridgehead atoms. The highest BCUT2D eigenvalue weighted by atomic mass is 32.2. The third-order valence-electron chi connectivity index (χ3n) is 7.52. The number of aliphatic hydroxyl groups excluding tert-OH is 1. The second-order valence-corrected chi connectivity index (χ2v) is 11.3. The molecular formula is C26H37N3O4S. The standard InChI is InChI=1S/C26H37N3O4S/c1-2-14-27-23(31)20-19-12-13-26(34-19)21(20)25(33)29(15-8-3-4-9-16-30)22(26)24(32)28-17-18-10-6-5-7-11-18/h5-7,10-11,19-22,30H,2-4,8-9,12-17H2,1H3,(H,27,31)(H,28,32)/t19-,20+,21-,22?,26?/m0/s1. The Morgan fingerprint density at radius 3 is 2.62 bits per heavy atom. The van der Waals surface area contributed by atoms with Crippen molar-refractivity contribution in [2.45, 2.75) is 74.5 Å². The lowest BCUT2D eigenvalue weighted by molar-refractivity contribution is -0.140. The van der Waals surface area contributed by atoms with Crippen LogP contribution in [-0.2, 0) is 20.9 Å². The van der Waals surface area contributed by atoms with Crippen LogP contribution in [0.4, 0.5) is 0 Å². The van der Waals surface area contributed by atoms with E-state index < -0.39 is 16.7 Å². The molecule has 2 unspecified atom stereocenters. The van der Waals surface area contributed by atoms with Gasteiger partial charge in [-0.2, -0.15) is 0 Å². The topological polar surface area (TPSA) is 98.7 Å². The quantitative estimate of drug-likeness (QED) is 0.394. The van der Waals surface area contributed by atoms with E-state index in [-0.39, 0.29) is 35.5 Å². The Kier molecular flexibility index (Phi) is 8.19. The molecule has 34 heavy (non-hydrogen) atoms. The van der Waals surface area contributed by atoms with Crippen molar-refractivity contribution in [1.82, 2.24) is 15.5 Å². The van der Waals surface area contributed by atoms with Crippen molar-refractivity contribution in [2.24, 2.45) is 11.8 Å². The number of nitrogens with one attached hydrogen (secondary N) is 2. The summed E-state index contributed by atoms with van der Waals surface area (Å²) >= 11 is 1.72. The molecule has 1 aromatic carbocycles. The van der Waals surface area contributed by atoms with E-state index in [1.54, 1.807) is 16.7 Å². The lowest BCUT2D eigenvalue weighted by Crippen LogP contribution is -2.53. The molecule has 3 amide bonds. The van der Waals surface area contributed by atoms with E-state index in [4.69, 9.17) is 5.11 Å². The first-order valence-corrected chi connectivity index (χ1v) is 13.6. The van der Waals surface area contributed by atoms with Gasteiger partial charge >= 0.3 is 0 Å². The van der Waals surface area contributed by atoms with E-state index in [1.165, 1.54) is 0 Å². The number of fused-ring (bicyclic) bond motifs is 1. The Labute approximate surface area is 206 Å². The molecule has 3 fully saturated rings. The molecule has 4 rings (SSSR count). The monoisotopic (exact) mass is 487 g/mol. The molecule has 3 aliphatic rings. The Morgan fingerprint density at radius 2 is 1.88 bits per heavy atom. The van der Waals surface area contributed by atoms with Crippen LogP contribution in [0.5, 0.6) is 0 Å². The van der Waals surface area contributed by atoms with Crippen molar-refractivity contribution in [1.29, 1.82) is 0 Å². The van der Waals surface area contributed by atoms with Crippen molar-refractivity contribution in [3.05, 3.63) is 35.9 Å². The van der Waals surface area contributed by atoms with Crippen molar-refractivity contribution in [3.8, 4) is 0 Å². The van der Waals surface area contributed by atoms with E-state index in [1.807, 2.05) is 37.3 Å². The van der Waals surface area contributed by atoms with Gasteiger partial charge in [-0.3, -0.25) is 14.4 Å². The highest BCUT2D eigenvalue weighted by molar-refractivity contribution is 8.02. The molecule has 0 saturated carbocycles. The number of amides is 3. The van der Waals surface area contributed by atoms with Crippen LogP contribution < -0.4 is 10.6 Å². The van der Waals surface area contributed by atoms with Gasteiger partial charge in [0.25, 0.3) is 0 Å². The predicted molar refractivity (Wildman–Crippen MR) is 133 cm³/mol. The van der Waals surface area contributed by atoms with Crippen LogP contribution in [0.3, 0.4) is 0 Å². The first-order chi connectivity index (χ1) is 16.5. The van der Waals surface area contributed by atoms with Gasteiger partial charge in [-0.05, 0) is 37.7 Å². The third-order valence-corrected chi connectivity index (χ3v) is 9.47. The number of hydrogen-bond acceptors (Lipinski definition) is 5. The molecule has 0 aromatic heterocycles. The largest absolute Gasteiger partial charge is 0.396 e. The molecule has 3 N–H and O–H groups in total. The highest BCUT2D eigenvalue weighted by Crippen LogP contribution is 2.66. The number of thioether (sulfide) groups is 1. The molecule has 186 valence electrons. The van der Waals surface area contributed by atoms with E-state index in [0.29, 0.717) is 19.6 Å². The van der Waals surface area contributed by atoms with Crippen LogP contribution in [0, 0.1) is 11.8 Å². The van der Waals surface area contributed by atoms with Crippen molar-refractivity contribution >= 4 is 29.5 Å². The minimum Gasteiger partial charge on any atom is -0.396 e. The zero-order valence-electron chi connectivity index (χ0n) is 20.0. The second-order valence-electron chi connectivity index (χ2n) is 9.72. The van der Waals surface area contributed by atoms with E-state index in [2.05, 4.69) is 10.6 Å². The van der Waals surface area contributed by atoms with Crippen molar-refractivity contribution < 1.29 is 19.5 Å². The number of carbonyl (C=O) groups is 3. The average molecular weight is 488 g/mol. The van der Waals surface area contributed by atoms with Gasteiger partial charge in [0.1, 0.15) is 6.04 Å². The Balaban J connectivity index is 1.55. The fraction of sp³-hybridized carbons (Fsp3) is 0.654. The lowest BCUT2D eigenvalue weighted by atomic mass is 9.70. The molecule has 3 saturated heterocycles. The normalized spacial score (nSPS) is 29.4. The number of unbranched alkanes of at least 4 members (excludes halogenated alkanes) is 3. The van der Waals surface area contributed by atoms with Crippen LogP contribution in [0.2, 0.25) is 0 Å². The lowest BCUT2D eigenvalue weighted by Gasteiger charge is -2.34. The van der Waals surface area contributed by atoms with Crippen LogP contribution in [0.15, 0.2) is 30.3 Å². The van der Waals surface area contributed by atoms with Gasteiger partial charge in [-0.1, -0.05) is 50.1 Å². The molecule has 3 aliphatic heterocycles. The smallest absolute Gasteiger partial charge is 0.244 e. The average Bonchev–Trinajstić information content (AvgIpc) is 3.49. The maximum atomic E-state index is 13.8. The van der Waals surface area contributed by atoms with Gasteiger partial charge in [0.15, 0.2) is 0 Å². The highest BCUT2D eigenvalue weighted by Gasteiger charge is 2.73. The van der Waals surface area contributed by atoms with Gasteiger partial charge in [0, 0.05) is 31.5 Å². The number of nitrogens with zero attached hydrogens (tertiary/aromatic N) is 1. The molecule has 7 nitrogen and oxygen atoms in total. The summed E-state index contributed by atoms with van der Waals surface area (Å²) in [7, 11) is 0. The zero-order valence-corrected chi connectivity index (χ0v) is 20.8. The Hall–Kier alpha value is -2.06. The third kappa shape index (κ3) is 4.71. The number of carbonyl (C=O) groups excluding carboxylic acids is 3. The number of rotatable bonds is 12. The molecule has 0 radical (unpaired) electrons. The fourth-order valence-electron chi connectivity index (χ4n) is 5.99. The number of likely N-dealkylation sites (tertiary alicyclic amines) is 1. The Morgan fingerprint density at radius 1 is 1.12 bits per heavy atom. The van der Waals surface area contributed by atoms with Gasteiger partial charge in [-0.15, -0.1) is 11.8 Å². The van der Waals surface area contributed by atoms with Crippen LogP contribution in [-0.4, -0.2) is 63.5 Å². The van der Waals surface area contributed by atoms with Crippen LogP contribution in [0.1, 0.15) is 57.4 Å². The summed E-state index contributed by atoms with van der Waals surface area (Å²) in [4.78, 5) is 42.3. The summed E-state index contributed by atoms with van der Waals surface area (Å²) in [6.07, 6.45) is 5.85. The van der Waals surface area contributed by atoms with Gasteiger partial charge < -0.3 is 20.6 Å².